The first-order valence-corrected chi connectivity index (χ1v) is 8.10. The Kier molecular flexibility index (Phi) is 4.77. The number of ether oxygens (including phenoxy) is 1. The quantitative estimate of drug-likeness (QED) is 0.356. The number of halogens is 1. The maximum absolute atomic E-state index is 11.4. The summed E-state index contributed by atoms with van der Waals surface area (Å²) in [6, 6.07) is 2.84. The number of aromatic nitrogens is 1. The van der Waals surface area contributed by atoms with E-state index in [1.165, 1.54) is 0 Å². The van der Waals surface area contributed by atoms with Gasteiger partial charge < -0.3 is 9.64 Å². The third kappa shape index (κ3) is 3.45. The highest BCUT2D eigenvalue weighted by molar-refractivity contribution is 6.29. The van der Waals surface area contributed by atoms with Gasteiger partial charge in [-0.25, -0.2) is 4.98 Å². The number of hydrogen-bond acceptors (Lipinski definition) is 5. The molecule has 0 aliphatic carbocycles. The van der Waals surface area contributed by atoms with Crippen LogP contribution in [0.1, 0.15) is 24.8 Å². The lowest BCUT2D eigenvalue weighted by Crippen LogP contribution is -2.55. The number of pyridine rings is 1. The van der Waals surface area contributed by atoms with Crippen molar-refractivity contribution in [1.82, 2.24) is 9.88 Å². The number of nitro groups is 1. The van der Waals surface area contributed by atoms with Crippen molar-refractivity contribution in [3.63, 3.8) is 0 Å². The van der Waals surface area contributed by atoms with Gasteiger partial charge in [0.05, 0.1) is 0 Å². The SMILES string of the molecule is CN1C(=NCCCc2ccc(Cl)nc2)C([N+](=O)[O-])C2CCC1O2. The maximum atomic E-state index is 11.4. The van der Waals surface area contributed by atoms with E-state index in [0.717, 1.165) is 31.2 Å². The second-order valence-electron chi connectivity index (χ2n) is 5.88. The van der Waals surface area contributed by atoms with Gasteiger partial charge in [0, 0.05) is 24.7 Å². The summed E-state index contributed by atoms with van der Waals surface area (Å²) in [5, 5.41) is 11.9. The molecule has 2 aliphatic rings. The minimum absolute atomic E-state index is 0.0737. The molecule has 3 atom stereocenters. The third-order valence-corrected chi connectivity index (χ3v) is 4.58. The molecule has 0 radical (unpaired) electrons. The number of nitrogens with zero attached hydrogens (tertiary/aromatic N) is 4. The monoisotopic (exact) mass is 338 g/mol. The van der Waals surface area contributed by atoms with Crippen LogP contribution in [-0.4, -0.2) is 52.6 Å². The van der Waals surface area contributed by atoms with Crippen LogP contribution in [0.5, 0.6) is 0 Å². The second kappa shape index (κ2) is 6.80. The average Bonchev–Trinajstić information content (AvgIpc) is 2.95. The number of likely N-dealkylation sites (N-methyl/N-ethyl adjacent to an activating group) is 1. The summed E-state index contributed by atoms with van der Waals surface area (Å²) >= 11 is 5.76. The normalized spacial score (nSPS) is 28.3. The minimum atomic E-state index is -0.851. The van der Waals surface area contributed by atoms with Crippen molar-refractivity contribution in [2.45, 2.75) is 44.1 Å². The Morgan fingerprint density at radius 2 is 2.35 bits per heavy atom. The highest BCUT2D eigenvalue weighted by atomic mass is 35.5. The predicted octanol–water partition coefficient (Wildman–Crippen LogP) is 2.16. The molecule has 0 saturated carbocycles. The van der Waals surface area contributed by atoms with Crippen LogP contribution >= 0.6 is 11.6 Å². The van der Waals surface area contributed by atoms with E-state index in [1.807, 2.05) is 18.0 Å². The van der Waals surface area contributed by atoms with Crippen molar-refractivity contribution < 1.29 is 9.66 Å². The van der Waals surface area contributed by atoms with E-state index in [2.05, 4.69) is 9.98 Å². The average molecular weight is 339 g/mol. The first-order chi connectivity index (χ1) is 11.1. The van der Waals surface area contributed by atoms with Gasteiger partial charge in [0.2, 0.25) is 0 Å². The standard InChI is InChI=1S/C15H19ClN4O3/c1-19-13-7-5-11(23-13)14(20(21)22)15(19)17-8-2-3-10-4-6-12(16)18-9-10/h4,6,9,11,13-14H,2-3,5,7-8H2,1H3. The smallest absolute Gasteiger partial charge is 0.294 e. The van der Waals surface area contributed by atoms with Gasteiger partial charge in [-0.2, -0.15) is 0 Å². The number of hydrogen-bond donors (Lipinski definition) is 0. The molecule has 0 amide bonds. The van der Waals surface area contributed by atoms with Gasteiger partial charge in [-0.1, -0.05) is 17.7 Å². The van der Waals surface area contributed by atoms with Crippen molar-refractivity contribution in [2.75, 3.05) is 13.6 Å². The Bertz CT molecular complexity index is 607. The van der Waals surface area contributed by atoms with Crippen LogP contribution in [0.2, 0.25) is 5.15 Å². The lowest BCUT2D eigenvalue weighted by molar-refractivity contribution is -0.519. The molecule has 3 rings (SSSR count). The van der Waals surface area contributed by atoms with Gasteiger partial charge in [-0.3, -0.25) is 15.1 Å². The summed E-state index contributed by atoms with van der Waals surface area (Å²) in [7, 11) is 1.82. The molecule has 1 aromatic rings. The lowest BCUT2D eigenvalue weighted by Gasteiger charge is -2.34. The summed E-state index contributed by atoms with van der Waals surface area (Å²) in [4.78, 5) is 21.5. The molecular weight excluding hydrogens is 320 g/mol. The minimum Gasteiger partial charge on any atom is -0.347 e. The van der Waals surface area contributed by atoms with E-state index in [0.29, 0.717) is 17.5 Å². The molecule has 0 N–H and O–H groups in total. The summed E-state index contributed by atoms with van der Waals surface area (Å²) in [5.41, 5.74) is 1.08. The van der Waals surface area contributed by atoms with Gasteiger partial charge in [0.1, 0.15) is 17.5 Å². The molecule has 2 bridgehead atoms. The fourth-order valence-corrected chi connectivity index (χ4v) is 3.26. The first-order valence-electron chi connectivity index (χ1n) is 7.73. The second-order valence-corrected chi connectivity index (χ2v) is 6.27. The fraction of sp³-hybridized carbons (Fsp3) is 0.600. The van der Waals surface area contributed by atoms with Crippen molar-refractivity contribution in [3.05, 3.63) is 39.2 Å². The molecule has 1 aromatic heterocycles. The maximum Gasteiger partial charge on any atom is 0.294 e. The van der Waals surface area contributed by atoms with E-state index in [4.69, 9.17) is 16.3 Å². The van der Waals surface area contributed by atoms with Gasteiger partial charge in [-0.05, 0) is 37.3 Å². The van der Waals surface area contributed by atoms with Crippen LogP contribution < -0.4 is 0 Å². The zero-order valence-corrected chi connectivity index (χ0v) is 13.6. The zero-order chi connectivity index (χ0) is 16.4. The van der Waals surface area contributed by atoms with Crippen molar-refractivity contribution in [1.29, 1.82) is 0 Å². The van der Waals surface area contributed by atoms with Crippen LogP contribution in [0, 0.1) is 10.1 Å². The molecule has 2 saturated heterocycles. The molecule has 124 valence electrons. The van der Waals surface area contributed by atoms with Gasteiger partial charge in [-0.15, -0.1) is 0 Å². The molecule has 2 fully saturated rings. The van der Waals surface area contributed by atoms with Crippen LogP contribution in [0.15, 0.2) is 23.3 Å². The number of likely N-dealkylation sites (tertiary alicyclic amines) is 1. The van der Waals surface area contributed by atoms with Crippen molar-refractivity contribution >= 4 is 17.4 Å². The Morgan fingerprint density at radius 3 is 3.04 bits per heavy atom. The first kappa shape index (κ1) is 16.1. The lowest BCUT2D eigenvalue weighted by atomic mass is 10.1. The molecule has 0 spiro atoms. The molecule has 3 unspecified atom stereocenters. The molecule has 0 aromatic carbocycles. The molecule has 8 heteroatoms. The van der Waals surface area contributed by atoms with Crippen LogP contribution in [0.4, 0.5) is 0 Å². The summed E-state index contributed by atoms with van der Waals surface area (Å²) in [6.07, 6.45) is 4.49. The zero-order valence-electron chi connectivity index (χ0n) is 12.9. The molecular formula is C15H19ClN4O3. The Morgan fingerprint density at radius 1 is 1.52 bits per heavy atom. The van der Waals surface area contributed by atoms with E-state index < -0.39 is 6.04 Å². The van der Waals surface area contributed by atoms with E-state index in [9.17, 15) is 10.1 Å². The molecule has 7 nitrogen and oxygen atoms in total. The van der Waals surface area contributed by atoms with E-state index >= 15 is 0 Å². The molecule has 2 aliphatic heterocycles. The van der Waals surface area contributed by atoms with Gasteiger partial charge in [0.15, 0.2) is 5.84 Å². The third-order valence-electron chi connectivity index (χ3n) is 4.35. The summed E-state index contributed by atoms with van der Waals surface area (Å²) in [5.74, 6) is 0.544. The largest absolute Gasteiger partial charge is 0.347 e. The Hall–Kier alpha value is -1.73. The van der Waals surface area contributed by atoms with Crippen LogP contribution in [0.25, 0.3) is 0 Å². The Balaban J connectivity index is 1.62. The number of amidine groups is 1. The molecule has 3 heterocycles. The van der Waals surface area contributed by atoms with Crippen molar-refractivity contribution in [3.8, 4) is 0 Å². The summed E-state index contributed by atoms with van der Waals surface area (Å²) in [6.45, 7) is 0.548. The highest BCUT2D eigenvalue weighted by Crippen LogP contribution is 2.32. The van der Waals surface area contributed by atoms with Crippen LogP contribution in [0.3, 0.4) is 0 Å². The fourth-order valence-electron chi connectivity index (χ4n) is 3.15. The number of aliphatic imine (C=N–C) groups is 1. The number of fused-ring (bicyclic) bond motifs is 2. The number of aryl methyl sites for hydroxylation is 1. The highest BCUT2D eigenvalue weighted by Gasteiger charge is 2.50. The Labute approximate surface area is 139 Å². The van der Waals surface area contributed by atoms with Crippen LogP contribution in [-0.2, 0) is 11.2 Å². The van der Waals surface area contributed by atoms with E-state index in [-0.39, 0.29) is 17.3 Å². The summed E-state index contributed by atoms with van der Waals surface area (Å²) < 4.78 is 5.68. The predicted molar refractivity (Wildman–Crippen MR) is 86.3 cm³/mol. The van der Waals surface area contributed by atoms with Gasteiger partial charge >= 0.3 is 0 Å². The van der Waals surface area contributed by atoms with E-state index in [1.54, 1.807) is 12.3 Å². The number of rotatable bonds is 5. The van der Waals surface area contributed by atoms with Gasteiger partial charge in [0.25, 0.3) is 6.04 Å². The molecule has 23 heavy (non-hydrogen) atoms. The topological polar surface area (TPSA) is 80.9 Å². The van der Waals surface area contributed by atoms with Crippen molar-refractivity contribution in [2.24, 2.45) is 4.99 Å².